The van der Waals surface area contributed by atoms with Crippen LogP contribution >= 0.6 is 23.5 Å². The average Bonchev–Trinajstić information content (AvgIpc) is 3.09. The van der Waals surface area contributed by atoms with Gasteiger partial charge >= 0.3 is 0 Å². The number of benzene rings is 1. The van der Waals surface area contributed by atoms with Crippen LogP contribution in [-0.2, 0) is 0 Å². The van der Waals surface area contributed by atoms with Gasteiger partial charge in [0.2, 0.25) is 5.16 Å². The second-order valence-corrected chi connectivity index (χ2v) is 6.14. The Kier molecular flexibility index (Phi) is 2.51. The molecule has 2 aliphatic heterocycles. The van der Waals surface area contributed by atoms with Crippen LogP contribution in [0.2, 0.25) is 0 Å². The summed E-state index contributed by atoms with van der Waals surface area (Å²) in [4.78, 5) is 10.5. The highest BCUT2D eigenvalue weighted by atomic mass is 32.2. The van der Waals surface area contributed by atoms with Gasteiger partial charge in [-0.25, -0.2) is 4.68 Å². The summed E-state index contributed by atoms with van der Waals surface area (Å²) < 4.78 is 1.88. The molecule has 0 saturated carbocycles. The van der Waals surface area contributed by atoms with Gasteiger partial charge in [-0.1, -0.05) is 23.9 Å². The number of nitro benzene ring substituents is 1. The summed E-state index contributed by atoms with van der Waals surface area (Å²) in [5, 5.41) is 24.7. The fraction of sp³-hybridized carbons (Fsp3) is 0.0909. The van der Waals surface area contributed by atoms with Crippen LogP contribution in [-0.4, -0.2) is 19.8 Å². The molecule has 0 fully saturated rings. The third-order valence-electron chi connectivity index (χ3n) is 3.04. The van der Waals surface area contributed by atoms with E-state index in [0.29, 0.717) is 0 Å². The van der Waals surface area contributed by atoms with Crippen molar-refractivity contribution in [3.05, 3.63) is 56.7 Å². The van der Waals surface area contributed by atoms with Crippen molar-refractivity contribution in [2.75, 3.05) is 5.01 Å². The Bertz CT molecular complexity index is 744. The van der Waals surface area contributed by atoms with E-state index in [4.69, 9.17) is 0 Å². The summed E-state index contributed by atoms with van der Waals surface area (Å²) >= 11 is 3.16. The first-order chi connectivity index (χ1) is 9.74. The van der Waals surface area contributed by atoms with Crippen LogP contribution in [0.4, 0.5) is 5.69 Å². The molecular formula is C11H7N5O2S2. The van der Waals surface area contributed by atoms with Crippen LogP contribution in [0.3, 0.4) is 0 Å². The van der Waals surface area contributed by atoms with E-state index in [-0.39, 0.29) is 16.0 Å². The lowest BCUT2D eigenvalue weighted by Crippen LogP contribution is -2.28. The maximum atomic E-state index is 10.9. The molecule has 3 heterocycles. The van der Waals surface area contributed by atoms with E-state index in [2.05, 4.69) is 10.2 Å². The van der Waals surface area contributed by atoms with Gasteiger partial charge in [-0.15, -0.1) is 10.2 Å². The van der Waals surface area contributed by atoms with Crippen LogP contribution < -0.4 is 5.01 Å². The summed E-state index contributed by atoms with van der Waals surface area (Å²) in [5.41, 5.74) is 0.991. The monoisotopic (exact) mass is 305 g/mol. The van der Waals surface area contributed by atoms with Crippen molar-refractivity contribution >= 4 is 29.2 Å². The van der Waals surface area contributed by atoms with E-state index in [1.54, 1.807) is 42.0 Å². The lowest BCUT2D eigenvalue weighted by Gasteiger charge is -2.23. The number of non-ortho nitro benzene ring substituents is 1. The molecule has 1 aromatic carbocycles. The Hall–Kier alpha value is -2.00. The van der Waals surface area contributed by atoms with Gasteiger partial charge in [0.25, 0.3) is 5.69 Å². The molecule has 0 radical (unpaired) electrons. The summed E-state index contributed by atoms with van der Waals surface area (Å²) in [6.07, 6.45) is 1.65. The second kappa shape index (κ2) is 4.25. The fourth-order valence-electron chi connectivity index (χ4n) is 2.18. The van der Waals surface area contributed by atoms with Crippen LogP contribution in [0, 0.1) is 10.1 Å². The maximum Gasteiger partial charge on any atom is 0.269 e. The summed E-state index contributed by atoms with van der Waals surface area (Å²) in [6, 6.07) is 6.72. The fourth-order valence-corrected chi connectivity index (χ4v) is 4.38. The topological polar surface area (TPSA) is 77.1 Å². The molecule has 0 amide bonds. The minimum Gasteiger partial charge on any atom is -0.258 e. The lowest BCUT2D eigenvalue weighted by molar-refractivity contribution is -0.384. The third-order valence-corrected chi connectivity index (χ3v) is 5.24. The molecular weight excluding hydrogens is 298 g/mol. The Labute approximate surface area is 121 Å². The minimum atomic E-state index is -0.375. The van der Waals surface area contributed by atoms with Crippen LogP contribution in [0.5, 0.6) is 0 Å². The molecule has 1 aromatic heterocycles. The predicted molar refractivity (Wildman–Crippen MR) is 75.6 cm³/mol. The van der Waals surface area contributed by atoms with Gasteiger partial charge in [0.15, 0.2) is 0 Å². The van der Waals surface area contributed by atoms with Crippen molar-refractivity contribution in [2.24, 2.45) is 0 Å². The molecule has 1 atom stereocenters. The quantitative estimate of drug-likeness (QED) is 0.623. The van der Waals surface area contributed by atoms with Crippen molar-refractivity contribution in [3.63, 3.8) is 0 Å². The second-order valence-electron chi connectivity index (χ2n) is 4.20. The molecule has 100 valence electrons. The summed E-state index contributed by atoms with van der Waals surface area (Å²) in [5.74, 6) is 0. The van der Waals surface area contributed by atoms with Gasteiger partial charge in [-0.05, 0) is 17.3 Å². The number of aromatic nitrogens is 3. The SMILES string of the molecule is O=[N+]([O-])c1cccc(C2SC=C3Sc4nncn4N32)c1. The molecule has 7 nitrogen and oxygen atoms in total. The van der Waals surface area contributed by atoms with Gasteiger partial charge in [0.05, 0.1) is 4.92 Å². The Morgan fingerprint density at radius 3 is 3.15 bits per heavy atom. The number of nitrogens with zero attached hydrogens (tertiary/aromatic N) is 5. The molecule has 2 aliphatic rings. The normalized spacial score (nSPS) is 19.7. The molecule has 9 heteroatoms. The Morgan fingerprint density at radius 2 is 2.30 bits per heavy atom. The molecule has 0 bridgehead atoms. The zero-order valence-electron chi connectivity index (χ0n) is 9.91. The highest BCUT2D eigenvalue weighted by Gasteiger charge is 2.37. The zero-order valence-corrected chi connectivity index (χ0v) is 11.5. The maximum absolute atomic E-state index is 10.9. The smallest absolute Gasteiger partial charge is 0.258 e. The van der Waals surface area contributed by atoms with E-state index in [0.717, 1.165) is 15.7 Å². The van der Waals surface area contributed by atoms with Crippen LogP contribution in [0.15, 0.2) is 46.2 Å². The summed E-state index contributed by atoms with van der Waals surface area (Å²) in [6.45, 7) is 0. The van der Waals surface area contributed by atoms with E-state index in [1.807, 2.05) is 21.2 Å². The largest absolute Gasteiger partial charge is 0.269 e. The first kappa shape index (κ1) is 11.8. The lowest BCUT2D eigenvalue weighted by atomic mass is 10.2. The van der Waals surface area contributed by atoms with Crippen LogP contribution in [0.1, 0.15) is 10.9 Å². The van der Waals surface area contributed by atoms with Crippen molar-refractivity contribution in [1.29, 1.82) is 0 Å². The van der Waals surface area contributed by atoms with Crippen molar-refractivity contribution in [3.8, 4) is 0 Å². The van der Waals surface area contributed by atoms with Crippen molar-refractivity contribution in [2.45, 2.75) is 10.5 Å². The highest BCUT2D eigenvalue weighted by Crippen LogP contribution is 2.50. The summed E-state index contributed by atoms with van der Waals surface area (Å²) in [7, 11) is 0. The molecule has 20 heavy (non-hydrogen) atoms. The number of thioether (sulfide) groups is 2. The number of rotatable bonds is 2. The van der Waals surface area contributed by atoms with Gasteiger partial charge in [0.1, 0.15) is 16.7 Å². The van der Waals surface area contributed by atoms with E-state index < -0.39 is 0 Å². The number of hydrogen-bond acceptors (Lipinski definition) is 7. The van der Waals surface area contributed by atoms with E-state index in [1.165, 1.54) is 6.07 Å². The van der Waals surface area contributed by atoms with Gasteiger partial charge < -0.3 is 0 Å². The number of nitro groups is 1. The molecule has 0 saturated heterocycles. The number of fused-ring (bicyclic) bond motifs is 3. The Morgan fingerprint density at radius 1 is 1.40 bits per heavy atom. The molecule has 0 N–H and O–H groups in total. The standard InChI is InChI=1S/C11H7N5O2S2/c17-16(18)8-3-1-2-7(4-8)10-15-9(5-19-10)20-11-13-12-6-14(11)15/h1-6,10H. The molecule has 4 rings (SSSR count). The van der Waals surface area contributed by atoms with E-state index in [9.17, 15) is 10.1 Å². The third kappa shape index (κ3) is 1.63. The van der Waals surface area contributed by atoms with Gasteiger partial charge in [0, 0.05) is 17.5 Å². The molecule has 1 unspecified atom stereocenters. The van der Waals surface area contributed by atoms with Crippen molar-refractivity contribution < 1.29 is 4.92 Å². The van der Waals surface area contributed by atoms with Crippen LogP contribution in [0.25, 0.3) is 0 Å². The number of hydrogen-bond donors (Lipinski definition) is 0. The molecule has 2 aromatic rings. The zero-order chi connectivity index (χ0) is 13.7. The van der Waals surface area contributed by atoms with Gasteiger partial charge in [-0.3, -0.25) is 15.1 Å². The first-order valence-corrected chi connectivity index (χ1v) is 7.47. The average molecular weight is 305 g/mol. The predicted octanol–water partition coefficient (Wildman–Crippen LogP) is 2.47. The Balaban J connectivity index is 1.74. The minimum absolute atomic E-state index is 0.0327. The van der Waals surface area contributed by atoms with Gasteiger partial charge in [-0.2, -0.15) is 0 Å². The molecule has 0 aliphatic carbocycles. The first-order valence-electron chi connectivity index (χ1n) is 5.71. The molecule has 0 spiro atoms. The van der Waals surface area contributed by atoms with E-state index >= 15 is 0 Å². The highest BCUT2D eigenvalue weighted by molar-refractivity contribution is 8.07. The van der Waals surface area contributed by atoms with Crippen molar-refractivity contribution in [1.82, 2.24) is 14.9 Å².